The summed E-state index contributed by atoms with van der Waals surface area (Å²) in [6.07, 6.45) is 6.92. The first-order valence-corrected chi connectivity index (χ1v) is 2.87. The van der Waals surface area contributed by atoms with Gasteiger partial charge in [0.05, 0.1) is 0 Å². The van der Waals surface area contributed by atoms with Gasteiger partial charge in [0.2, 0.25) is 0 Å². The van der Waals surface area contributed by atoms with Gasteiger partial charge in [-0.25, -0.2) is 0 Å². The summed E-state index contributed by atoms with van der Waals surface area (Å²) >= 11 is 0. The van der Waals surface area contributed by atoms with E-state index in [9.17, 15) is 0 Å². The summed E-state index contributed by atoms with van der Waals surface area (Å²) in [6.45, 7) is 0. The van der Waals surface area contributed by atoms with E-state index in [2.05, 4.69) is 20.4 Å². The normalized spacial score (nSPS) is 5.33. The number of hydrogen-bond donors (Lipinski definition) is 2. The molecule has 0 aliphatic heterocycles. The summed E-state index contributed by atoms with van der Waals surface area (Å²) in [4.78, 5) is 0. The first kappa shape index (κ1) is 29.5. The third-order valence-electron chi connectivity index (χ3n) is 0.812. The van der Waals surface area contributed by atoms with Gasteiger partial charge in [-0.15, -0.1) is 0 Å². The summed E-state index contributed by atoms with van der Waals surface area (Å²) in [7, 11) is 0. The van der Waals surface area contributed by atoms with Crippen LogP contribution in [0.1, 0.15) is 0 Å². The fourth-order valence-corrected chi connectivity index (χ4v) is 0.430. The molecule has 0 amide bonds. The second-order valence-corrected chi connectivity index (χ2v) is 1.53. The maximum Gasteiger partial charge on any atom is 4.00 e. The zero-order valence-electron chi connectivity index (χ0n) is 7.22. The van der Waals surface area contributed by atoms with Gasteiger partial charge in [0.1, 0.15) is 0 Å². The average molecular weight is 379 g/mol. The Morgan fingerprint density at radius 1 is 0.667 bits per heavy atom. The second-order valence-electron chi connectivity index (χ2n) is 1.53. The molecule has 0 radical (unpaired) electrons. The molecule has 0 saturated heterocycles. The van der Waals surface area contributed by atoms with Crippen LogP contribution in [0.25, 0.3) is 0 Å². The standard InChI is InChI=1S/2C3H4N2.4ClH.Ru/c2*1-2-4-5-3-1;;;;;/h2*1-3H,(H,4,5);4*1H;/q;;;;;;+4/p-4. The minimum atomic E-state index is 0. The Bertz CT molecular complexity index is 166. The van der Waals surface area contributed by atoms with Gasteiger partial charge >= 0.3 is 19.5 Å². The van der Waals surface area contributed by atoms with E-state index >= 15 is 0 Å². The van der Waals surface area contributed by atoms with E-state index < -0.39 is 0 Å². The number of nitrogens with one attached hydrogen (secondary N) is 2. The molecule has 0 fully saturated rings. The number of aromatic nitrogens is 4. The minimum Gasteiger partial charge on any atom is -1.00 e. The molecule has 0 aliphatic rings. The van der Waals surface area contributed by atoms with E-state index in [4.69, 9.17) is 0 Å². The van der Waals surface area contributed by atoms with E-state index in [1.807, 2.05) is 12.1 Å². The minimum absolute atomic E-state index is 0. The molecule has 9 heteroatoms. The Balaban J connectivity index is -0.0000000333. The molecular weight excluding hydrogens is 371 g/mol. The zero-order valence-corrected chi connectivity index (χ0v) is 12.0. The maximum absolute atomic E-state index is 3.60. The Kier molecular flexibility index (Phi) is 46.7. The van der Waals surface area contributed by atoms with Gasteiger partial charge in [-0.1, -0.05) is 0 Å². The molecule has 2 aromatic rings. The van der Waals surface area contributed by atoms with E-state index in [0.717, 1.165) is 0 Å². The molecule has 0 unspecified atom stereocenters. The van der Waals surface area contributed by atoms with Crippen molar-refractivity contribution in [2.75, 3.05) is 0 Å². The summed E-state index contributed by atoms with van der Waals surface area (Å²) < 4.78 is 0. The second kappa shape index (κ2) is 23.8. The number of hydrogen-bond acceptors (Lipinski definition) is 2. The van der Waals surface area contributed by atoms with Crippen molar-refractivity contribution in [2.45, 2.75) is 0 Å². The molecule has 88 valence electrons. The molecule has 0 bridgehead atoms. The van der Waals surface area contributed by atoms with Crippen LogP contribution in [0.4, 0.5) is 0 Å². The van der Waals surface area contributed by atoms with Crippen LogP contribution in [-0.2, 0) is 19.5 Å². The van der Waals surface area contributed by atoms with Gasteiger partial charge in [-0.3, -0.25) is 10.2 Å². The molecule has 0 aliphatic carbocycles. The van der Waals surface area contributed by atoms with Gasteiger partial charge in [0.25, 0.3) is 0 Å². The Hall–Kier alpha value is 0.203. The largest absolute Gasteiger partial charge is 4.00 e. The van der Waals surface area contributed by atoms with Crippen LogP contribution < -0.4 is 49.6 Å². The number of aromatic amines is 2. The number of nitrogens with zero attached hydrogens (tertiary/aromatic N) is 2. The van der Waals surface area contributed by atoms with Gasteiger partial charge in [0.15, 0.2) is 0 Å². The molecule has 0 aromatic carbocycles. The van der Waals surface area contributed by atoms with Crippen LogP contribution >= 0.6 is 0 Å². The van der Waals surface area contributed by atoms with Crippen LogP contribution in [0, 0.1) is 0 Å². The van der Waals surface area contributed by atoms with Crippen LogP contribution in [-0.4, -0.2) is 20.4 Å². The van der Waals surface area contributed by atoms with E-state index in [-0.39, 0.29) is 69.1 Å². The predicted molar refractivity (Wildman–Crippen MR) is 37.2 cm³/mol. The Labute approximate surface area is 126 Å². The van der Waals surface area contributed by atoms with E-state index in [1.165, 1.54) is 0 Å². The summed E-state index contributed by atoms with van der Waals surface area (Å²) in [5.74, 6) is 0. The number of halogens is 4. The first-order valence-electron chi connectivity index (χ1n) is 2.87. The topological polar surface area (TPSA) is 57.4 Å². The van der Waals surface area contributed by atoms with Gasteiger partial charge in [0, 0.05) is 24.8 Å². The van der Waals surface area contributed by atoms with Crippen molar-refractivity contribution in [1.29, 1.82) is 0 Å². The molecule has 2 heterocycles. The van der Waals surface area contributed by atoms with E-state index in [0.29, 0.717) is 0 Å². The van der Waals surface area contributed by atoms with Crippen molar-refractivity contribution in [1.82, 2.24) is 20.4 Å². The van der Waals surface area contributed by atoms with Crippen LogP contribution in [0.2, 0.25) is 0 Å². The van der Waals surface area contributed by atoms with Crippen molar-refractivity contribution in [3.8, 4) is 0 Å². The third kappa shape index (κ3) is 20.3. The molecule has 0 atom stereocenters. The quantitative estimate of drug-likeness (QED) is 0.447. The molecule has 0 saturated carbocycles. The van der Waals surface area contributed by atoms with Crippen LogP contribution in [0.5, 0.6) is 0 Å². The monoisotopic (exact) mass is 378 g/mol. The summed E-state index contributed by atoms with van der Waals surface area (Å²) in [5.41, 5.74) is 0. The number of rotatable bonds is 0. The molecule has 2 N–H and O–H groups in total. The van der Waals surface area contributed by atoms with Crippen molar-refractivity contribution >= 4 is 0 Å². The fourth-order valence-electron chi connectivity index (χ4n) is 0.430. The zero-order chi connectivity index (χ0) is 7.07. The molecule has 0 spiro atoms. The van der Waals surface area contributed by atoms with Crippen molar-refractivity contribution < 1.29 is 69.1 Å². The van der Waals surface area contributed by atoms with Gasteiger partial charge in [-0.2, -0.15) is 10.2 Å². The van der Waals surface area contributed by atoms with Crippen LogP contribution in [0.15, 0.2) is 36.9 Å². The third-order valence-corrected chi connectivity index (χ3v) is 0.812. The Morgan fingerprint density at radius 2 is 1.00 bits per heavy atom. The Morgan fingerprint density at radius 3 is 1.07 bits per heavy atom. The van der Waals surface area contributed by atoms with Gasteiger partial charge in [-0.05, 0) is 12.1 Å². The smallest absolute Gasteiger partial charge is 1.00 e. The van der Waals surface area contributed by atoms with Gasteiger partial charge < -0.3 is 49.6 Å². The molecule has 2 rings (SSSR count). The number of H-pyrrole nitrogens is 2. The van der Waals surface area contributed by atoms with E-state index in [1.54, 1.807) is 24.8 Å². The molecule has 15 heavy (non-hydrogen) atoms. The van der Waals surface area contributed by atoms with Crippen molar-refractivity contribution in [3.05, 3.63) is 36.9 Å². The van der Waals surface area contributed by atoms with Crippen molar-refractivity contribution in [2.24, 2.45) is 0 Å². The first-order chi connectivity index (χ1) is 5.00. The average Bonchev–Trinajstić information content (AvgIpc) is 2.67. The molecular formula is C6H8Cl4N4Ru. The predicted octanol–water partition coefficient (Wildman–Crippen LogP) is -11.2. The fraction of sp³-hybridized carbons (Fsp3) is 0. The SMILES string of the molecule is [Cl-].[Cl-].[Cl-].[Cl-].[Ru+4].c1cn[nH]c1.c1cn[nH]c1. The molecule has 4 nitrogen and oxygen atoms in total. The maximum atomic E-state index is 3.60. The van der Waals surface area contributed by atoms with Crippen molar-refractivity contribution in [3.63, 3.8) is 0 Å². The van der Waals surface area contributed by atoms with Crippen LogP contribution in [0.3, 0.4) is 0 Å². The summed E-state index contributed by atoms with van der Waals surface area (Å²) in [5, 5.41) is 12.4. The molecule has 2 aromatic heterocycles. The summed E-state index contributed by atoms with van der Waals surface area (Å²) in [6, 6.07) is 3.67.